The van der Waals surface area contributed by atoms with Crippen LogP contribution in [0.2, 0.25) is 5.02 Å². The number of hydrogen-bond acceptors (Lipinski definition) is 4. The predicted octanol–water partition coefficient (Wildman–Crippen LogP) is 3.30. The fraction of sp³-hybridized carbons (Fsp3) is 0.167. The third-order valence-electron chi connectivity index (χ3n) is 2.24. The van der Waals surface area contributed by atoms with Crippen LogP contribution < -0.4 is 5.73 Å². The van der Waals surface area contributed by atoms with Gasteiger partial charge in [-0.15, -0.1) is 0 Å². The molecule has 0 radical (unpaired) electrons. The molecule has 88 valence electrons. The van der Waals surface area contributed by atoms with Crippen LogP contribution in [0.1, 0.15) is 18.5 Å². The normalized spacial score (nSPS) is 12.4. The van der Waals surface area contributed by atoms with E-state index < -0.39 is 0 Å². The molecule has 5 heteroatoms. The molecule has 1 aromatic carbocycles. The molecule has 0 bridgehead atoms. The standard InChI is InChI=1S/C12H12ClN3S/c1-8(14)9-2-3-11(10(13)6-9)17-12-7-15-4-5-16-12/h2-8H,14H2,1H3. The van der Waals surface area contributed by atoms with E-state index in [1.165, 1.54) is 11.8 Å². The van der Waals surface area contributed by atoms with Crippen LogP contribution in [0.15, 0.2) is 46.7 Å². The van der Waals surface area contributed by atoms with Crippen molar-refractivity contribution in [2.24, 2.45) is 5.73 Å². The maximum Gasteiger partial charge on any atom is 0.119 e. The number of aromatic nitrogens is 2. The molecule has 0 saturated carbocycles. The first-order chi connectivity index (χ1) is 8.16. The van der Waals surface area contributed by atoms with Crippen LogP contribution >= 0.6 is 23.4 Å². The third kappa shape index (κ3) is 3.19. The molecule has 0 aliphatic rings. The Balaban J connectivity index is 2.23. The van der Waals surface area contributed by atoms with Crippen molar-refractivity contribution < 1.29 is 0 Å². The fourth-order valence-corrected chi connectivity index (χ4v) is 2.38. The molecule has 1 heterocycles. The van der Waals surface area contributed by atoms with E-state index in [1.54, 1.807) is 18.6 Å². The molecule has 1 unspecified atom stereocenters. The Hall–Kier alpha value is -1.10. The Labute approximate surface area is 109 Å². The second-order valence-electron chi connectivity index (χ2n) is 3.62. The van der Waals surface area contributed by atoms with Crippen LogP contribution in [0.3, 0.4) is 0 Å². The lowest BCUT2D eigenvalue weighted by Crippen LogP contribution is -2.04. The van der Waals surface area contributed by atoms with E-state index in [2.05, 4.69) is 9.97 Å². The van der Waals surface area contributed by atoms with Gasteiger partial charge in [0, 0.05) is 23.3 Å². The average Bonchev–Trinajstić information content (AvgIpc) is 2.33. The minimum Gasteiger partial charge on any atom is -0.324 e. The van der Waals surface area contributed by atoms with Gasteiger partial charge in [-0.3, -0.25) is 4.98 Å². The van der Waals surface area contributed by atoms with Crippen molar-refractivity contribution in [3.8, 4) is 0 Å². The zero-order chi connectivity index (χ0) is 12.3. The van der Waals surface area contributed by atoms with Gasteiger partial charge in [0.15, 0.2) is 0 Å². The van der Waals surface area contributed by atoms with E-state index in [0.29, 0.717) is 5.02 Å². The van der Waals surface area contributed by atoms with Crippen LogP contribution in [0.25, 0.3) is 0 Å². The summed E-state index contributed by atoms with van der Waals surface area (Å²) in [4.78, 5) is 9.15. The van der Waals surface area contributed by atoms with Gasteiger partial charge in [-0.25, -0.2) is 4.98 Å². The summed E-state index contributed by atoms with van der Waals surface area (Å²) in [6.07, 6.45) is 5.01. The highest BCUT2D eigenvalue weighted by atomic mass is 35.5. The molecule has 0 spiro atoms. The second-order valence-corrected chi connectivity index (χ2v) is 5.09. The van der Waals surface area contributed by atoms with Crippen molar-refractivity contribution in [2.45, 2.75) is 22.9 Å². The van der Waals surface area contributed by atoms with Crippen LogP contribution in [0.5, 0.6) is 0 Å². The van der Waals surface area contributed by atoms with Crippen LogP contribution in [0.4, 0.5) is 0 Å². The highest BCUT2D eigenvalue weighted by Crippen LogP contribution is 2.33. The first kappa shape index (κ1) is 12.4. The largest absolute Gasteiger partial charge is 0.324 e. The summed E-state index contributed by atoms with van der Waals surface area (Å²) in [6.45, 7) is 1.93. The lowest BCUT2D eigenvalue weighted by atomic mass is 10.1. The Morgan fingerprint density at radius 1 is 1.35 bits per heavy atom. The summed E-state index contributed by atoms with van der Waals surface area (Å²) in [6, 6.07) is 5.82. The van der Waals surface area contributed by atoms with Crippen LogP contribution in [-0.4, -0.2) is 9.97 Å². The zero-order valence-electron chi connectivity index (χ0n) is 9.30. The van der Waals surface area contributed by atoms with Gasteiger partial charge < -0.3 is 5.73 Å². The van der Waals surface area contributed by atoms with Gasteiger partial charge in [-0.1, -0.05) is 29.4 Å². The second kappa shape index (κ2) is 5.49. The van der Waals surface area contributed by atoms with Crippen LogP contribution in [-0.2, 0) is 0 Å². The quantitative estimate of drug-likeness (QED) is 0.925. The Morgan fingerprint density at radius 3 is 2.76 bits per heavy atom. The molecular formula is C12H12ClN3S. The molecule has 1 atom stereocenters. The van der Waals surface area contributed by atoms with Crippen molar-refractivity contribution in [3.63, 3.8) is 0 Å². The third-order valence-corrected chi connectivity index (χ3v) is 3.66. The van der Waals surface area contributed by atoms with Gasteiger partial charge in [0.05, 0.1) is 11.2 Å². The molecule has 1 aromatic heterocycles. The van der Waals surface area contributed by atoms with E-state index in [4.69, 9.17) is 17.3 Å². The summed E-state index contributed by atoms with van der Waals surface area (Å²) in [5.74, 6) is 0. The van der Waals surface area contributed by atoms with E-state index in [0.717, 1.165) is 15.5 Å². The fourth-order valence-electron chi connectivity index (χ4n) is 1.33. The highest BCUT2D eigenvalue weighted by molar-refractivity contribution is 7.99. The predicted molar refractivity (Wildman–Crippen MR) is 70.2 cm³/mol. The number of halogens is 1. The molecule has 0 amide bonds. The minimum atomic E-state index is -0.0110. The molecule has 2 N–H and O–H groups in total. The van der Waals surface area contributed by atoms with Crippen LogP contribution in [0, 0.1) is 0 Å². The monoisotopic (exact) mass is 265 g/mol. The average molecular weight is 266 g/mol. The van der Waals surface area contributed by atoms with Crippen molar-refractivity contribution >= 4 is 23.4 Å². The van der Waals surface area contributed by atoms with E-state index in [-0.39, 0.29) is 6.04 Å². The molecule has 0 aliphatic heterocycles. The number of benzene rings is 1. The van der Waals surface area contributed by atoms with Gasteiger partial charge >= 0.3 is 0 Å². The van der Waals surface area contributed by atoms with Gasteiger partial charge in [-0.05, 0) is 24.6 Å². The van der Waals surface area contributed by atoms with Gasteiger partial charge in [0.25, 0.3) is 0 Å². The smallest absolute Gasteiger partial charge is 0.119 e. The van der Waals surface area contributed by atoms with Gasteiger partial charge in [0.1, 0.15) is 5.03 Å². The number of rotatable bonds is 3. The zero-order valence-corrected chi connectivity index (χ0v) is 10.9. The summed E-state index contributed by atoms with van der Waals surface area (Å²) in [5.41, 5.74) is 6.82. The molecular weight excluding hydrogens is 254 g/mol. The van der Waals surface area contributed by atoms with Crippen molar-refractivity contribution in [1.29, 1.82) is 0 Å². The summed E-state index contributed by atoms with van der Waals surface area (Å²) in [5, 5.41) is 1.51. The summed E-state index contributed by atoms with van der Waals surface area (Å²) >= 11 is 7.69. The summed E-state index contributed by atoms with van der Waals surface area (Å²) < 4.78 is 0. The molecule has 0 fully saturated rings. The summed E-state index contributed by atoms with van der Waals surface area (Å²) in [7, 11) is 0. The SMILES string of the molecule is CC(N)c1ccc(Sc2cnccn2)c(Cl)c1. The highest BCUT2D eigenvalue weighted by Gasteiger charge is 2.07. The van der Waals surface area contributed by atoms with E-state index in [9.17, 15) is 0 Å². The molecule has 3 nitrogen and oxygen atoms in total. The number of nitrogens with zero attached hydrogens (tertiary/aromatic N) is 2. The molecule has 2 rings (SSSR count). The molecule has 17 heavy (non-hydrogen) atoms. The van der Waals surface area contributed by atoms with Crippen molar-refractivity contribution in [3.05, 3.63) is 47.4 Å². The maximum atomic E-state index is 6.20. The van der Waals surface area contributed by atoms with Crippen molar-refractivity contribution in [2.75, 3.05) is 0 Å². The van der Waals surface area contributed by atoms with Crippen molar-refractivity contribution in [1.82, 2.24) is 9.97 Å². The first-order valence-electron chi connectivity index (χ1n) is 5.15. The number of hydrogen-bond donors (Lipinski definition) is 1. The molecule has 2 aromatic rings. The molecule has 0 aliphatic carbocycles. The van der Waals surface area contributed by atoms with Gasteiger partial charge in [0.2, 0.25) is 0 Å². The number of nitrogens with two attached hydrogens (primary N) is 1. The van der Waals surface area contributed by atoms with E-state index in [1.807, 2.05) is 25.1 Å². The first-order valence-corrected chi connectivity index (χ1v) is 6.35. The Morgan fingerprint density at radius 2 is 2.18 bits per heavy atom. The minimum absolute atomic E-state index is 0.0110. The topological polar surface area (TPSA) is 51.8 Å². The maximum absolute atomic E-state index is 6.20. The Bertz CT molecular complexity index is 502. The lowest BCUT2D eigenvalue weighted by molar-refractivity contribution is 0.817. The lowest BCUT2D eigenvalue weighted by Gasteiger charge is -2.08. The van der Waals surface area contributed by atoms with E-state index >= 15 is 0 Å². The Kier molecular flexibility index (Phi) is 3.99. The van der Waals surface area contributed by atoms with Gasteiger partial charge in [-0.2, -0.15) is 0 Å². The molecule has 0 saturated heterocycles.